The normalized spacial score (nSPS) is 16.3. The Hall–Kier alpha value is -0.980. The summed E-state index contributed by atoms with van der Waals surface area (Å²) < 4.78 is 18.3. The summed E-state index contributed by atoms with van der Waals surface area (Å²) in [6.07, 6.45) is 1.38. The first-order chi connectivity index (χ1) is 6.21. The molecule has 0 aliphatic rings. The predicted molar refractivity (Wildman–Crippen MR) is 52.8 cm³/mol. The monoisotopic (exact) mass is 215 g/mol. The van der Waals surface area contributed by atoms with Gasteiger partial charge in [-0.3, -0.25) is 0 Å². The highest BCUT2D eigenvalue weighted by molar-refractivity contribution is 7.90. The van der Waals surface area contributed by atoms with Crippen molar-refractivity contribution < 1.29 is 9.32 Å². The number of nitrogens with two attached hydrogens (primary N) is 1. The second-order valence-electron chi connectivity index (χ2n) is 3.54. The van der Waals surface area contributed by atoms with Crippen molar-refractivity contribution in [2.45, 2.75) is 24.5 Å². The van der Waals surface area contributed by atoms with Crippen molar-refractivity contribution in [3.63, 3.8) is 0 Å². The fraction of sp³-hybridized carbons (Fsp3) is 0.375. The standard InChI is InChI=1S/C8H13N3O2S/c1-8(2,12)6-3-4-11-7(5-6)14(9,10)13/h3-5,12H,1-2H3,(H3,9,10,13). The molecule has 5 nitrogen and oxygen atoms in total. The molecule has 78 valence electrons. The average Bonchev–Trinajstić information content (AvgIpc) is 2.01. The van der Waals surface area contributed by atoms with E-state index in [0.29, 0.717) is 5.56 Å². The smallest absolute Gasteiger partial charge is 0.150 e. The van der Waals surface area contributed by atoms with Crippen molar-refractivity contribution in [3.05, 3.63) is 23.9 Å². The molecule has 1 heterocycles. The minimum absolute atomic E-state index is 0.0166. The lowest BCUT2D eigenvalue weighted by atomic mass is 10.0. The summed E-state index contributed by atoms with van der Waals surface area (Å²) in [7, 11) is -3.31. The molecule has 0 saturated carbocycles. The van der Waals surface area contributed by atoms with Crippen molar-refractivity contribution in [1.82, 2.24) is 4.98 Å². The van der Waals surface area contributed by atoms with E-state index in [-0.39, 0.29) is 5.03 Å². The van der Waals surface area contributed by atoms with Gasteiger partial charge in [-0.15, -0.1) is 0 Å². The molecule has 0 aliphatic heterocycles. The number of aliphatic hydroxyl groups is 1. The molecule has 6 heteroatoms. The summed E-state index contributed by atoms with van der Waals surface area (Å²) in [5.74, 6) is 0. The topological polar surface area (TPSA) is 100 Å². The van der Waals surface area contributed by atoms with Crippen LogP contribution in [0.1, 0.15) is 19.4 Å². The molecule has 1 unspecified atom stereocenters. The number of nitrogens with zero attached hydrogens (tertiary/aromatic N) is 1. The van der Waals surface area contributed by atoms with Crippen molar-refractivity contribution >= 4 is 9.92 Å². The highest BCUT2D eigenvalue weighted by Gasteiger charge is 2.17. The molecule has 14 heavy (non-hydrogen) atoms. The molecule has 0 amide bonds. The lowest BCUT2D eigenvalue weighted by molar-refractivity contribution is 0.0782. The van der Waals surface area contributed by atoms with Gasteiger partial charge in [0, 0.05) is 6.20 Å². The van der Waals surface area contributed by atoms with E-state index < -0.39 is 15.5 Å². The molecular weight excluding hydrogens is 202 g/mol. The van der Waals surface area contributed by atoms with E-state index in [4.69, 9.17) is 9.92 Å². The van der Waals surface area contributed by atoms with Gasteiger partial charge in [0.2, 0.25) is 0 Å². The quantitative estimate of drug-likeness (QED) is 0.673. The van der Waals surface area contributed by atoms with Gasteiger partial charge in [-0.1, -0.05) is 0 Å². The van der Waals surface area contributed by atoms with Gasteiger partial charge in [-0.2, -0.15) is 0 Å². The Labute approximate surface area is 83.1 Å². The Bertz CT molecular complexity index is 434. The molecule has 0 saturated heterocycles. The molecule has 0 radical (unpaired) electrons. The van der Waals surface area contributed by atoms with Gasteiger partial charge in [0.05, 0.1) is 5.60 Å². The molecule has 1 aromatic rings. The zero-order chi connectivity index (χ0) is 11.0. The van der Waals surface area contributed by atoms with Gasteiger partial charge in [0.1, 0.15) is 14.9 Å². The highest BCUT2D eigenvalue weighted by atomic mass is 32.2. The van der Waals surface area contributed by atoms with Crippen LogP contribution >= 0.6 is 0 Å². The van der Waals surface area contributed by atoms with Crippen LogP contribution in [0.15, 0.2) is 23.4 Å². The minimum Gasteiger partial charge on any atom is -0.386 e. The Kier molecular flexibility index (Phi) is 2.62. The first-order valence-corrected chi connectivity index (χ1v) is 5.59. The number of aromatic nitrogens is 1. The second-order valence-corrected chi connectivity index (χ2v) is 5.16. The number of pyridine rings is 1. The third kappa shape index (κ3) is 2.50. The molecule has 0 aromatic carbocycles. The van der Waals surface area contributed by atoms with E-state index in [0.717, 1.165) is 0 Å². The van der Waals surface area contributed by atoms with Crippen molar-refractivity contribution in [3.8, 4) is 0 Å². The predicted octanol–water partition coefficient (Wildman–Crippen LogP) is 0.588. The van der Waals surface area contributed by atoms with Gasteiger partial charge >= 0.3 is 0 Å². The summed E-state index contributed by atoms with van der Waals surface area (Å²) in [6, 6.07) is 2.98. The Morgan fingerprint density at radius 1 is 1.64 bits per heavy atom. The van der Waals surface area contributed by atoms with Crippen LogP contribution in [0.4, 0.5) is 0 Å². The maximum atomic E-state index is 11.2. The Balaban J connectivity index is 3.29. The van der Waals surface area contributed by atoms with Crippen LogP contribution in [-0.2, 0) is 15.5 Å². The Morgan fingerprint density at radius 2 is 2.21 bits per heavy atom. The first kappa shape index (κ1) is 11.1. The van der Waals surface area contributed by atoms with E-state index in [2.05, 4.69) is 4.98 Å². The van der Waals surface area contributed by atoms with Gasteiger partial charge < -0.3 is 5.11 Å². The maximum absolute atomic E-state index is 11.2. The van der Waals surface area contributed by atoms with E-state index in [1.807, 2.05) is 0 Å². The molecule has 1 aromatic heterocycles. The number of rotatable bonds is 2. The minimum atomic E-state index is -3.31. The first-order valence-electron chi connectivity index (χ1n) is 3.97. The molecule has 0 fully saturated rings. The summed E-state index contributed by atoms with van der Waals surface area (Å²) >= 11 is 0. The van der Waals surface area contributed by atoms with Crippen molar-refractivity contribution in [2.75, 3.05) is 0 Å². The number of hydrogen-bond acceptors (Lipinski definition) is 4. The third-order valence-corrected chi connectivity index (χ3v) is 2.60. The largest absolute Gasteiger partial charge is 0.386 e. The molecule has 1 rings (SSSR count). The lowest BCUT2D eigenvalue weighted by Crippen LogP contribution is -2.18. The summed E-state index contributed by atoms with van der Waals surface area (Å²) in [5.41, 5.74) is -0.518. The maximum Gasteiger partial charge on any atom is 0.150 e. The van der Waals surface area contributed by atoms with Crippen LogP contribution < -0.4 is 5.14 Å². The average molecular weight is 215 g/mol. The van der Waals surface area contributed by atoms with Crippen LogP contribution in [0.25, 0.3) is 0 Å². The van der Waals surface area contributed by atoms with Crippen LogP contribution in [-0.4, -0.2) is 14.3 Å². The summed E-state index contributed by atoms with van der Waals surface area (Å²) in [6.45, 7) is 3.18. The number of hydrogen-bond donors (Lipinski definition) is 3. The van der Waals surface area contributed by atoms with Crippen LogP contribution in [0, 0.1) is 4.78 Å². The van der Waals surface area contributed by atoms with Crippen molar-refractivity contribution in [1.29, 1.82) is 4.78 Å². The van der Waals surface area contributed by atoms with Crippen LogP contribution in [0.3, 0.4) is 0 Å². The van der Waals surface area contributed by atoms with Gasteiger partial charge in [0.15, 0.2) is 0 Å². The van der Waals surface area contributed by atoms with Crippen LogP contribution in [0.2, 0.25) is 0 Å². The van der Waals surface area contributed by atoms with Gasteiger partial charge in [0.25, 0.3) is 0 Å². The van der Waals surface area contributed by atoms with E-state index in [9.17, 15) is 9.32 Å². The highest BCUT2D eigenvalue weighted by Crippen LogP contribution is 2.20. The SMILES string of the molecule is CC(C)(O)c1ccnc(S(=N)(N)=O)c1. The molecule has 4 N–H and O–H groups in total. The van der Waals surface area contributed by atoms with Crippen LogP contribution in [0.5, 0.6) is 0 Å². The van der Waals surface area contributed by atoms with Crippen molar-refractivity contribution in [2.24, 2.45) is 5.14 Å². The zero-order valence-electron chi connectivity index (χ0n) is 8.02. The third-order valence-electron chi connectivity index (χ3n) is 1.75. The zero-order valence-corrected chi connectivity index (χ0v) is 8.84. The lowest BCUT2D eigenvalue weighted by Gasteiger charge is -2.17. The molecule has 0 spiro atoms. The number of nitrogens with one attached hydrogen (secondary N) is 1. The van der Waals surface area contributed by atoms with E-state index in [1.54, 1.807) is 19.9 Å². The molecule has 1 atom stereocenters. The summed E-state index contributed by atoms with van der Waals surface area (Å²) in [4.78, 5) is 3.73. The molecule has 0 aliphatic carbocycles. The molecule has 0 bridgehead atoms. The fourth-order valence-corrected chi connectivity index (χ4v) is 1.48. The molecular formula is C8H13N3O2S. The van der Waals surface area contributed by atoms with Gasteiger partial charge in [-0.05, 0) is 31.5 Å². The summed E-state index contributed by atoms with van der Waals surface area (Å²) in [5, 5.41) is 14.8. The fourth-order valence-electron chi connectivity index (χ4n) is 0.956. The van der Waals surface area contributed by atoms with E-state index in [1.165, 1.54) is 12.3 Å². The second kappa shape index (κ2) is 3.30. The Morgan fingerprint density at radius 3 is 2.64 bits per heavy atom. The van der Waals surface area contributed by atoms with E-state index >= 15 is 0 Å². The van der Waals surface area contributed by atoms with Gasteiger partial charge in [-0.25, -0.2) is 19.1 Å².